The summed E-state index contributed by atoms with van der Waals surface area (Å²) >= 11 is 0. The average Bonchev–Trinajstić information content (AvgIpc) is 2.58. The minimum atomic E-state index is -0.0373. The SMILES string of the molecule is CCOc1c(OC)cccc1C1CC(=O)Nc2c1ccc(C)c2C. The molecule has 1 heterocycles. The zero-order chi connectivity index (χ0) is 17.3. The molecule has 0 saturated carbocycles. The second kappa shape index (κ2) is 6.56. The number of hydrogen-bond acceptors (Lipinski definition) is 3. The van der Waals surface area contributed by atoms with Gasteiger partial charge in [-0.2, -0.15) is 0 Å². The van der Waals surface area contributed by atoms with Crippen molar-refractivity contribution < 1.29 is 14.3 Å². The van der Waals surface area contributed by atoms with Crippen molar-refractivity contribution in [3.63, 3.8) is 0 Å². The number of rotatable bonds is 4. The summed E-state index contributed by atoms with van der Waals surface area (Å²) in [6.07, 6.45) is 0.405. The number of fused-ring (bicyclic) bond motifs is 1. The van der Waals surface area contributed by atoms with Crippen molar-refractivity contribution in [3.8, 4) is 11.5 Å². The van der Waals surface area contributed by atoms with E-state index in [1.807, 2.05) is 32.0 Å². The number of amides is 1. The van der Waals surface area contributed by atoms with E-state index in [4.69, 9.17) is 9.47 Å². The second-order valence-electron chi connectivity index (χ2n) is 6.09. The Bertz CT molecular complexity index is 783. The molecule has 1 aliphatic heterocycles. The lowest BCUT2D eigenvalue weighted by Gasteiger charge is -2.29. The molecule has 0 spiro atoms. The molecule has 0 aliphatic carbocycles. The number of methoxy groups -OCH3 is 1. The van der Waals surface area contributed by atoms with Gasteiger partial charge < -0.3 is 14.8 Å². The van der Waals surface area contributed by atoms with E-state index in [0.717, 1.165) is 28.1 Å². The van der Waals surface area contributed by atoms with Gasteiger partial charge in [-0.15, -0.1) is 0 Å². The highest BCUT2D eigenvalue weighted by Crippen LogP contribution is 2.45. The number of anilines is 1. The predicted molar refractivity (Wildman–Crippen MR) is 95.2 cm³/mol. The number of ether oxygens (including phenoxy) is 2. The number of hydrogen-bond donors (Lipinski definition) is 1. The van der Waals surface area contributed by atoms with Crippen LogP contribution in [0.1, 0.15) is 41.5 Å². The molecule has 0 aromatic heterocycles. The van der Waals surface area contributed by atoms with E-state index < -0.39 is 0 Å². The maximum absolute atomic E-state index is 12.3. The van der Waals surface area contributed by atoms with Crippen LogP contribution in [0.2, 0.25) is 0 Å². The molecule has 0 bridgehead atoms. The van der Waals surface area contributed by atoms with E-state index >= 15 is 0 Å². The van der Waals surface area contributed by atoms with Crippen LogP contribution in [0.25, 0.3) is 0 Å². The largest absolute Gasteiger partial charge is 0.493 e. The molecule has 0 radical (unpaired) electrons. The Kier molecular flexibility index (Phi) is 4.47. The standard InChI is InChI=1S/C20H23NO3/c1-5-24-20-15(7-6-8-17(20)23-4)16-11-18(22)21-19-13(3)12(2)9-10-14(16)19/h6-10,16H,5,11H2,1-4H3,(H,21,22). The van der Waals surface area contributed by atoms with Crippen LogP contribution in [0.5, 0.6) is 11.5 Å². The molecular formula is C20H23NO3. The fourth-order valence-corrected chi connectivity index (χ4v) is 3.32. The lowest BCUT2D eigenvalue weighted by Crippen LogP contribution is -2.25. The van der Waals surface area contributed by atoms with Gasteiger partial charge in [-0.25, -0.2) is 0 Å². The van der Waals surface area contributed by atoms with Crippen molar-refractivity contribution in [1.82, 2.24) is 0 Å². The van der Waals surface area contributed by atoms with Crippen molar-refractivity contribution in [2.24, 2.45) is 0 Å². The quantitative estimate of drug-likeness (QED) is 0.917. The molecule has 0 fully saturated rings. The lowest BCUT2D eigenvalue weighted by atomic mass is 9.82. The van der Waals surface area contributed by atoms with Crippen molar-refractivity contribution in [1.29, 1.82) is 0 Å². The number of benzene rings is 2. The van der Waals surface area contributed by atoms with Gasteiger partial charge in [0.1, 0.15) is 0 Å². The Labute approximate surface area is 142 Å². The van der Waals surface area contributed by atoms with Gasteiger partial charge in [0.2, 0.25) is 5.91 Å². The molecule has 3 rings (SSSR count). The summed E-state index contributed by atoms with van der Waals surface area (Å²) in [4.78, 5) is 12.3. The number of carbonyl (C=O) groups excluding carboxylic acids is 1. The minimum Gasteiger partial charge on any atom is -0.493 e. The molecule has 1 amide bonds. The van der Waals surface area contributed by atoms with E-state index in [0.29, 0.717) is 18.8 Å². The first kappa shape index (κ1) is 16.4. The first-order valence-electron chi connectivity index (χ1n) is 8.26. The smallest absolute Gasteiger partial charge is 0.225 e. The first-order chi connectivity index (χ1) is 11.6. The summed E-state index contributed by atoms with van der Waals surface area (Å²) in [6.45, 7) is 6.60. The van der Waals surface area contributed by atoms with Crippen molar-refractivity contribution in [2.75, 3.05) is 19.0 Å². The van der Waals surface area contributed by atoms with Crippen LogP contribution >= 0.6 is 0 Å². The molecule has 24 heavy (non-hydrogen) atoms. The number of carbonyl (C=O) groups is 1. The number of aryl methyl sites for hydroxylation is 1. The fourth-order valence-electron chi connectivity index (χ4n) is 3.32. The van der Waals surface area contributed by atoms with Gasteiger partial charge in [-0.1, -0.05) is 24.3 Å². The average molecular weight is 325 g/mol. The Morgan fingerprint density at radius 1 is 1.17 bits per heavy atom. The summed E-state index contributed by atoms with van der Waals surface area (Å²) < 4.78 is 11.3. The molecule has 2 aromatic rings. The molecule has 4 nitrogen and oxygen atoms in total. The van der Waals surface area contributed by atoms with Crippen LogP contribution in [-0.2, 0) is 4.79 Å². The molecule has 1 unspecified atom stereocenters. The van der Waals surface area contributed by atoms with Gasteiger partial charge in [0.05, 0.1) is 13.7 Å². The minimum absolute atomic E-state index is 0.0338. The highest BCUT2D eigenvalue weighted by atomic mass is 16.5. The Morgan fingerprint density at radius 2 is 1.96 bits per heavy atom. The Morgan fingerprint density at radius 3 is 2.67 bits per heavy atom. The fraction of sp³-hybridized carbons (Fsp3) is 0.350. The lowest BCUT2D eigenvalue weighted by molar-refractivity contribution is -0.116. The summed E-state index contributed by atoms with van der Waals surface area (Å²) in [5.74, 6) is 1.42. The third-order valence-corrected chi connectivity index (χ3v) is 4.69. The van der Waals surface area contributed by atoms with Crippen LogP contribution in [-0.4, -0.2) is 19.6 Å². The Hall–Kier alpha value is -2.49. The highest BCUT2D eigenvalue weighted by molar-refractivity contribution is 5.96. The highest BCUT2D eigenvalue weighted by Gasteiger charge is 2.30. The van der Waals surface area contributed by atoms with Gasteiger partial charge in [-0.3, -0.25) is 4.79 Å². The zero-order valence-electron chi connectivity index (χ0n) is 14.6. The first-order valence-corrected chi connectivity index (χ1v) is 8.26. The van der Waals surface area contributed by atoms with Crippen LogP contribution in [0, 0.1) is 13.8 Å². The molecule has 1 atom stereocenters. The summed E-state index contributed by atoms with van der Waals surface area (Å²) in [6, 6.07) is 10.1. The molecular weight excluding hydrogens is 302 g/mol. The summed E-state index contributed by atoms with van der Waals surface area (Å²) in [7, 11) is 1.64. The number of nitrogens with one attached hydrogen (secondary N) is 1. The Balaban J connectivity index is 2.18. The van der Waals surface area contributed by atoms with E-state index in [9.17, 15) is 4.79 Å². The molecule has 126 valence electrons. The monoisotopic (exact) mass is 325 g/mol. The topological polar surface area (TPSA) is 47.6 Å². The predicted octanol–water partition coefficient (Wildman–Crippen LogP) is 4.18. The third-order valence-electron chi connectivity index (χ3n) is 4.69. The number of para-hydroxylation sites is 1. The van der Waals surface area contributed by atoms with Gasteiger partial charge in [-0.05, 0) is 43.5 Å². The van der Waals surface area contributed by atoms with Gasteiger partial charge in [0.15, 0.2) is 11.5 Å². The molecule has 2 aromatic carbocycles. The normalized spacial score (nSPS) is 16.3. The van der Waals surface area contributed by atoms with Crippen LogP contribution in [0.4, 0.5) is 5.69 Å². The second-order valence-corrected chi connectivity index (χ2v) is 6.09. The zero-order valence-corrected chi connectivity index (χ0v) is 14.6. The molecule has 4 heteroatoms. The molecule has 1 N–H and O–H groups in total. The van der Waals surface area contributed by atoms with Gasteiger partial charge >= 0.3 is 0 Å². The maximum Gasteiger partial charge on any atom is 0.225 e. The summed E-state index contributed by atoms with van der Waals surface area (Å²) in [5.41, 5.74) is 5.35. The maximum atomic E-state index is 12.3. The molecule has 1 aliphatic rings. The van der Waals surface area contributed by atoms with Gasteiger partial charge in [0, 0.05) is 23.6 Å². The van der Waals surface area contributed by atoms with Crippen molar-refractivity contribution in [2.45, 2.75) is 33.1 Å². The van der Waals surface area contributed by atoms with Crippen molar-refractivity contribution in [3.05, 3.63) is 52.6 Å². The third kappa shape index (κ3) is 2.73. The van der Waals surface area contributed by atoms with E-state index in [1.165, 1.54) is 5.56 Å². The van der Waals surface area contributed by atoms with Crippen LogP contribution in [0.3, 0.4) is 0 Å². The van der Waals surface area contributed by atoms with E-state index in [2.05, 4.69) is 24.4 Å². The summed E-state index contributed by atoms with van der Waals surface area (Å²) in [5, 5.41) is 3.04. The van der Waals surface area contributed by atoms with Crippen LogP contribution < -0.4 is 14.8 Å². The van der Waals surface area contributed by atoms with E-state index in [1.54, 1.807) is 7.11 Å². The van der Waals surface area contributed by atoms with Gasteiger partial charge in [0.25, 0.3) is 0 Å². The van der Waals surface area contributed by atoms with E-state index in [-0.39, 0.29) is 11.8 Å². The molecule has 0 saturated heterocycles. The van der Waals surface area contributed by atoms with Crippen molar-refractivity contribution >= 4 is 11.6 Å². The van der Waals surface area contributed by atoms with Crippen LogP contribution in [0.15, 0.2) is 30.3 Å².